The van der Waals surface area contributed by atoms with Gasteiger partial charge in [-0.05, 0) is 36.8 Å². The molecule has 0 fully saturated rings. The van der Waals surface area contributed by atoms with Crippen molar-refractivity contribution in [1.29, 1.82) is 0 Å². The van der Waals surface area contributed by atoms with Gasteiger partial charge in [0.1, 0.15) is 17.6 Å². The van der Waals surface area contributed by atoms with Crippen molar-refractivity contribution in [2.24, 2.45) is 5.41 Å². The summed E-state index contributed by atoms with van der Waals surface area (Å²) in [6.07, 6.45) is 1.49. The van der Waals surface area contributed by atoms with Gasteiger partial charge in [0.2, 0.25) is 0 Å². The number of aliphatic hydroxyl groups is 1. The number of hydrogen-bond acceptors (Lipinski definition) is 5. The van der Waals surface area contributed by atoms with E-state index in [9.17, 15) is 14.7 Å². The van der Waals surface area contributed by atoms with E-state index in [1.54, 1.807) is 32.9 Å². The van der Waals surface area contributed by atoms with E-state index >= 15 is 0 Å². The van der Waals surface area contributed by atoms with Crippen molar-refractivity contribution in [3.63, 3.8) is 0 Å². The summed E-state index contributed by atoms with van der Waals surface area (Å²) in [7, 11) is 0. The highest BCUT2D eigenvalue weighted by Crippen LogP contribution is 2.41. The summed E-state index contributed by atoms with van der Waals surface area (Å²) in [6.45, 7) is 7.98. The van der Waals surface area contributed by atoms with Gasteiger partial charge in [-0.25, -0.2) is 0 Å². The maximum Gasteiger partial charge on any atom is 0.290 e. The topological polar surface area (TPSA) is 80.0 Å². The van der Waals surface area contributed by atoms with Gasteiger partial charge in [0, 0.05) is 12.0 Å². The minimum Gasteiger partial charge on any atom is -0.503 e. The summed E-state index contributed by atoms with van der Waals surface area (Å²) >= 11 is 0. The number of carbonyl (C=O) groups excluding carboxylic acids is 2. The number of rotatable bonds is 6. The number of Topliss-reactive ketones (excluding diaryl/α,β-unsaturated/α-hetero) is 1. The van der Waals surface area contributed by atoms with E-state index < -0.39 is 23.1 Å². The lowest BCUT2D eigenvalue weighted by Gasteiger charge is -2.27. The zero-order valence-corrected chi connectivity index (χ0v) is 16.6. The lowest BCUT2D eigenvalue weighted by atomic mass is 9.83. The van der Waals surface area contributed by atoms with E-state index in [0.717, 1.165) is 11.3 Å². The van der Waals surface area contributed by atoms with Crippen LogP contribution in [0.3, 0.4) is 0 Å². The van der Waals surface area contributed by atoms with Gasteiger partial charge in [0.05, 0.1) is 18.4 Å². The SMILES string of the molecule is CCOc1ccc(CN2C(=O)C(O)=C(C(=O)C(C)(C)C)C2c2ccco2)cc1. The molecule has 1 aliphatic heterocycles. The van der Waals surface area contributed by atoms with Gasteiger partial charge in [0.25, 0.3) is 5.91 Å². The molecule has 0 bridgehead atoms. The van der Waals surface area contributed by atoms with Crippen molar-refractivity contribution < 1.29 is 23.8 Å². The molecule has 3 rings (SSSR count). The predicted molar refractivity (Wildman–Crippen MR) is 104 cm³/mol. The van der Waals surface area contributed by atoms with Crippen LogP contribution in [0.1, 0.15) is 45.1 Å². The second kappa shape index (κ2) is 7.54. The third kappa shape index (κ3) is 3.67. The predicted octanol–water partition coefficient (Wildman–Crippen LogP) is 4.19. The molecular formula is C22H25NO5. The van der Waals surface area contributed by atoms with Crippen molar-refractivity contribution in [1.82, 2.24) is 4.90 Å². The number of nitrogens with zero attached hydrogens (tertiary/aromatic N) is 1. The summed E-state index contributed by atoms with van der Waals surface area (Å²) in [5.41, 5.74) is 0.188. The van der Waals surface area contributed by atoms with Crippen LogP contribution in [0.5, 0.6) is 5.75 Å². The quantitative estimate of drug-likeness (QED) is 0.809. The van der Waals surface area contributed by atoms with Crippen LogP contribution in [-0.4, -0.2) is 28.3 Å². The molecule has 1 aliphatic rings. The average Bonchev–Trinajstić information content (AvgIpc) is 3.25. The van der Waals surface area contributed by atoms with E-state index in [-0.39, 0.29) is 17.9 Å². The second-order valence-electron chi connectivity index (χ2n) is 7.77. The van der Waals surface area contributed by atoms with Crippen LogP contribution < -0.4 is 4.74 Å². The van der Waals surface area contributed by atoms with Crippen molar-refractivity contribution in [2.45, 2.75) is 40.3 Å². The number of ketones is 1. The lowest BCUT2D eigenvalue weighted by Crippen LogP contribution is -2.32. The standard InChI is InChI=1S/C22H25NO5/c1-5-27-15-10-8-14(9-11-15)13-23-18(16-7-6-12-28-16)17(19(24)21(23)26)20(25)22(2,3)4/h6-12,18,24H,5,13H2,1-4H3. The Labute approximate surface area is 164 Å². The molecule has 6 nitrogen and oxygen atoms in total. The molecule has 1 aromatic carbocycles. The summed E-state index contributed by atoms with van der Waals surface area (Å²) in [6, 6.07) is 10.0. The molecule has 1 N–H and O–H groups in total. The molecule has 28 heavy (non-hydrogen) atoms. The zero-order valence-electron chi connectivity index (χ0n) is 16.6. The second-order valence-corrected chi connectivity index (χ2v) is 7.77. The Morgan fingerprint density at radius 2 is 1.89 bits per heavy atom. The monoisotopic (exact) mass is 383 g/mol. The first-order valence-corrected chi connectivity index (χ1v) is 9.28. The summed E-state index contributed by atoms with van der Waals surface area (Å²) in [5, 5.41) is 10.5. The number of carbonyl (C=O) groups is 2. The fourth-order valence-corrected chi connectivity index (χ4v) is 3.25. The van der Waals surface area contributed by atoms with Gasteiger partial charge >= 0.3 is 0 Å². The van der Waals surface area contributed by atoms with Crippen molar-refractivity contribution in [3.05, 3.63) is 65.3 Å². The van der Waals surface area contributed by atoms with Gasteiger partial charge in [-0.2, -0.15) is 0 Å². The van der Waals surface area contributed by atoms with Crippen LogP contribution in [0.4, 0.5) is 0 Å². The third-order valence-electron chi connectivity index (χ3n) is 4.63. The van der Waals surface area contributed by atoms with Crippen molar-refractivity contribution in [2.75, 3.05) is 6.61 Å². The Bertz CT molecular complexity index is 888. The van der Waals surface area contributed by atoms with E-state index in [1.165, 1.54) is 11.2 Å². The molecule has 1 aromatic heterocycles. The van der Waals surface area contributed by atoms with Crippen molar-refractivity contribution in [3.8, 4) is 5.75 Å². The molecule has 2 aromatic rings. The normalized spacial score (nSPS) is 17.4. The highest BCUT2D eigenvalue weighted by molar-refractivity contribution is 6.10. The summed E-state index contributed by atoms with van der Waals surface area (Å²) < 4.78 is 11.0. The van der Waals surface area contributed by atoms with E-state index in [0.29, 0.717) is 12.4 Å². The number of aliphatic hydroxyl groups excluding tert-OH is 1. The van der Waals surface area contributed by atoms with Gasteiger partial charge < -0.3 is 19.2 Å². The van der Waals surface area contributed by atoms with Gasteiger partial charge in [-0.15, -0.1) is 0 Å². The highest BCUT2D eigenvalue weighted by Gasteiger charge is 2.47. The van der Waals surface area contributed by atoms with Gasteiger partial charge in [0.15, 0.2) is 11.5 Å². The van der Waals surface area contributed by atoms with Crippen molar-refractivity contribution >= 4 is 11.7 Å². The fraction of sp³-hybridized carbons (Fsp3) is 0.364. The molecule has 0 aliphatic carbocycles. The minimum absolute atomic E-state index is 0.0818. The highest BCUT2D eigenvalue weighted by atomic mass is 16.5. The number of ether oxygens (including phenoxy) is 1. The van der Waals surface area contributed by atoms with Crippen LogP contribution >= 0.6 is 0 Å². The molecule has 148 valence electrons. The number of hydrogen-bond donors (Lipinski definition) is 1. The van der Waals surface area contributed by atoms with Crippen LogP contribution in [0, 0.1) is 5.41 Å². The van der Waals surface area contributed by atoms with Crippen LogP contribution in [-0.2, 0) is 16.1 Å². The van der Waals surface area contributed by atoms with Crippen LogP contribution in [0.25, 0.3) is 0 Å². The van der Waals surface area contributed by atoms with Crippen LogP contribution in [0.15, 0.2) is 58.4 Å². The Balaban J connectivity index is 1.96. The Kier molecular flexibility index (Phi) is 5.31. The lowest BCUT2D eigenvalue weighted by molar-refractivity contribution is -0.130. The number of furan rings is 1. The minimum atomic E-state index is -0.763. The van der Waals surface area contributed by atoms with E-state index in [1.807, 2.05) is 31.2 Å². The third-order valence-corrected chi connectivity index (χ3v) is 4.63. The molecule has 0 radical (unpaired) electrons. The smallest absolute Gasteiger partial charge is 0.290 e. The number of benzene rings is 1. The Morgan fingerprint density at radius 1 is 1.21 bits per heavy atom. The Morgan fingerprint density at radius 3 is 2.43 bits per heavy atom. The molecule has 0 spiro atoms. The summed E-state index contributed by atoms with van der Waals surface area (Å²) in [4.78, 5) is 27.3. The largest absolute Gasteiger partial charge is 0.503 e. The first-order valence-electron chi connectivity index (χ1n) is 9.28. The number of amides is 1. The molecule has 6 heteroatoms. The first kappa shape index (κ1) is 19.7. The molecular weight excluding hydrogens is 358 g/mol. The first-order chi connectivity index (χ1) is 13.2. The Hall–Kier alpha value is -3.02. The summed E-state index contributed by atoms with van der Waals surface area (Å²) in [5.74, 6) is -0.189. The maximum atomic E-state index is 13.0. The average molecular weight is 383 g/mol. The van der Waals surface area contributed by atoms with Crippen LogP contribution in [0.2, 0.25) is 0 Å². The van der Waals surface area contributed by atoms with E-state index in [4.69, 9.17) is 9.15 Å². The fourth-order valence-electron chi connectivity index (χ4n) is 3.25. The zero-order chi connectivity index (χ0) is 20.5. The molecule has 0 saturated heterocycles. The van der Waals surface area contributed by atoms with Gasteiger partial charge in [-0.1, -0.05) is 32.9 Å². The molecule has 0 saturated carbocycles. The molecule has 2 heterocycles. The molecule has 1 unspecified atom stereocenters. The van der Waals surface area contributed by atoms with Gasteiger partial charge in [-0.3, -0.25) is 9.59 Å². The maximum absolute atomic E-state index is 13.0. The van der Waals surface area contributed by atoms with E-state index in [2.05, 4.69) is 0 Å². The molecule has 1 atom stereocenters. The molecule has 1 amide bonds.